The molecule has 130 valence electrons. The van der Waals surface area contributed by atoms with Crippen LogP contribution < -0.4 is 10.2 Å². The highest BCUT2D eigenvalue weighted by molar-refractivity contribution is 7.16. The average molecular weight is 356 g/mol. The van der Waals surface area contributed by atoms with Crippen LogP contribution in [0.2, 0.25) is 0 Å². The summed E-state index contributed by atoms with van der Waals surface area (Å²) in [7, 11) is 0. The Hall–Kier alpha value is -2.05. The minimum absolute atomic E-state index is 0.135. The van der Waals surface area contributed by atoms with Gasteiger partial charge in [0.25, 0.3) is 0 Å². The molecule has 1 fully saturated rings. The van der Waals surface area contributed by atoms with E-state index in [0.29, 0.717) is 12.6 Å². The Morgan fingerprint density at radius 2 is 2.00 bits per heavy atom. The molecule has 1 saturated heterocycles. The molecule has 0 saturated carbocycles. The van der Waals surface area contributed by atoms with Gasteiger partial charge in [-0.25, -0.2) is 14.4 Å². The van der Waals surface area contributed by atoms with Crippen LogP contribution in [-0.2, 0) is 6.54 Å². The molecular formula is C19H21FN4S. The van der Waals surface area contributed by atoms with Crippen LogP contribution in [0.15, 0.2) is 35.7 Å². The number of aryl methyl sites for hydroxylation is 1. The second kappa shape index (κ2) is 7.06. The summed E-state index contributed by atoms with van der Waals surface area (Å²) in [6.45, 7) is 4.44. The second-order valence-corrected chi connectivity index (χ2v) is 7.36. The molecule has 0 bridgehead atoms. The molecule has 0 radical (unpaired) electrons. The smallest absolute Gasteiger partial charge is 0.141 e. The summed E-state index contributed by atoms with van der Waals surface area (Å²) in [4.78, 5) is 12.6. The number of piperidine rings is 1. The van der Waals surface area contributed by atoms with Gasteiger partial charge in [-0.2, -0.15) is 0 Å². The van der Waals surface area contributed by atoms with Crippen LogP contribution in [0, 0.1) is 12.7 Å². The molecule has 4 nitrogen and oxygen atoms in total. The van der Waals surface area contributed by atoms with Crippen LogP contribution in [0.1, 0.15) is 24.2 Å². The highest BCUT2D eigenvalue weighted by atomic mass is 32.1. The molecule has 0 spiro atoms. The minimum atomic E-state index is -0.135. The van der Waals surface area contributed by atoms with E-state index < -0.39 is 0 Å². The van der Waals surface area contributed by atoms with E-state index in [1.807, 2.05) is 19.1 Å². The zero-order valence-corrected chi connectivity index (χ0v) is 15.0. The van der Waals surface area contributed by atoms with Gasteiger partial charge in [-0.1, -0.05) is 18.2 Å². The van der Waals surface area contributed by atoms with Crippen molar-refractivity contribution in [3.63, 3.8) is 0 Å². The van der Waals surface area contributed by atoms with E-state index in [1.165, 1.54) is 6.07 Å². The third kappa shape index (κ3) is 3.50. The number of rotatable bonds is 4. The van der Waals surface area contributed by atoms with Crippen molar-refractivity contribution in [1.82, 2.24) is 15.3 Å². The Morgan fingerprint density at radius 1 is 1.20 bits per heavy atom. The third-order valence-corrected chi connectivity index (χ3v) is 5.56. The maximum atomic E-state index is 13.7. The lowest BCUT2D eigenvalue weighted by molar-refractivity contribution is 0.409. The number of benzene rings is 1. The lowest BCUT2D eigenvalue weighted by Gasteiger charge is -2.33. The molecule has 0 atom stereocenters. The first-order valence-corrected chi connectivity index (χ1v) is 9.52. The van der Waals surface area contributed by atoms with E-state index in [0.717, 1.165) is 53.4 Å². The first-order valence-electron chi connectivity index (χ1n) is 8.64. The molecule has 1 aliphatic rings. The van der Waals surface area contributed by atoms with Gasteiger partial charge in [-0.15, -0.1) is 11.3 Å². The first kappa shape index (κ1) is 16.4. The molecule has 0 aliphatic carbocycles. The number of aromatic nitrogens is 2. The van der Waals surface area contributed by atoms with Gasteiger partial charge in [-0.05, 0) is 37.3 Å². The molecule has 0 amide bonds. The van der Waals surface area contributed by atoms with Crippen molar-refractivity contribution in [2.45, 2.75) is 32.4 Å². The monoisotopic (exact) mass is 356 g/mol. The van der Waals surface area contributed by atoms with Crippen molar-refractivity contribution in [2.24, 2.45) is 0 Å². The predicted molar refractivity (Wildman–Crippen MR) is 101 cm³/mol. The lowest BCUT2D eigenvalue weighted by atomic mass is 10.0. The van der Waals surface area contributed by atoms with E-state index in [2.05, 4.69) is 31.6 Å². The van der Waals surface area contributed by atoms with Gasteiger partial charge in [0.1, 0.15) is 22.3 Å². The summed E-state index contributed by atoms with van der Waals surface area (Å²) in [6.07, 6.45) is 2.06. The Labute approximate surface area is 150 Å². The van der Waals surface area contributed by atoms with E-state index in [1.54, 1.807) is 17.4 Å². The van der Waals surface area contributed by atoms with Gasteiger partial charge in [0.2, 0.25) is 0 Å². The van der Waals surface area contributed by atoms with Crippen molar-refractivity contribution < 1.29 is 4.39 Å². The van der Waals surface area contributed by atoms with E-state index in [9.17, 15) is 4.39 Å². The van der Waals surface area contributed by atoms with Gasteiger partial charge >= 0.3 is 0 Å². The summed E-state index contributed by atoms with van der Waals surface area (Å²) in [6, 6.07) is 9.49. The molecule has 3 aromatic rings. The molecule has 0 unspecified atom stereocenters. The van der Waals surface area contributed by atoms with Crippen LogP contribution in [0.4, 0.5) is 10.2 Å². The molecular weight excluding hydrogens is 335 g/mol. The standard InChI is InChI=1S/C19H21FN4S/c1-13-22-18(16-8-11-25-19(16)23-13)24-9-6-15(7-10-24)21-12-14-4-2-3-5-17(14)20/h2-5,8,11,15,21H,6-7,9-10,12H2,1H3. The normalized spacial score (nSPS) is 15.8. The fourth-order valence-electron chi connectivity index (χ4n) is 3.38. The maximum Gasteiger partial charge on any atom is 0.141 e. The molecule has 1 aliphatic heterocycles. The molecule has 3 heterocycles. The van der Waals surface area contributed by atoms with Gasteiger partial charge < -0.3 is 10.2 Å². The number of anilines is 1. The molecule has 2 aromatic heterocycles. The number of hydrogen-bond donors (Lipinski definition) is 1. The van der Waals surface area contributed by atoms with Crippen molar-refractivity contribution in [3.05, 3.63) is 52.9 Å². The Bertz CT molecular complexity index is 871. The molecule has 25 heavy (non-hydrogen) atoms. The average Bonchev–Trinajstić information content (AvgIpc) is 3.09. The number of thiophene rings is 1. The van der Waals surface area contributed by atoms with Crippen LogP contribution in [0.3, 0.4) is 0 Å². The Balaban J connectivity index is 1.40. The van der Waals surface area contributed by atoms with Gasteiger partial charge in [0.15, 0.2) is 0 Å². The predicted octanol–water partition coefficient (Wildman–Crippen LogP) is 3.90. The molecule has 1 aromatic carbocycles. The van der Waals surface area contributed by atoms with Crippen molar-refractivity contribution in [2.75, 3.05) is 18.0 Å². The molecule has 6 heteroatoms. The van der Waals surface area contributed by atoms with Gasteiger partial charge in [0, 0.05) is 31.2 Å². The number of hydrogen-bond acceptors (Lipinski definition) is 5. The van der Waals surface area contributed by atoms with E-state index in [-0.39, 0.29) is 5.82 Å². The van der Waals surface area contributed by atoms with Crippen molar-refractivity contribution in [1.29, 1.82) is 0 Å². The van der Waals surface area contributed by atoms with E-state index >= 15 is 0 Å². The second-order valence-electron chi connectivity index (χ2n) is 6.47. The van der Waals surface area contributed by atoms with Gasteiger partial charge in [0.05, 0.1) is 5.39 Å². The minimum Gasteiger partial charge on any atom is -0.356 e. The van der Waals surface area contributed by atoms with Crippen molar-refractivity contribution >= 4 is 27.4 Å². The number of halogens is 1. The molecule has 4 rings (SSSR count). The number of fused-ring (bicyclic) bond motifs is 1. The van der Waals surface area contributed by atoms with Crippen LogP contribution in [-0.4, -0.2) is 29.1 Å². The largest absolute Gasteiger partial charge is 0.356 e. The van der Waals surface area contributed by atoms with Crippen LogP contribution in [0.5, 0.6) is 0 Å². The summed E-state index contributed by atoms with van der Waals surface area (Å²) in [5.41, 5.74) is 0.733. The fourth-order valence-corrected chi connectivity index (χ4v) is 4.18. The number of nitrogens with zero attached hydrogens (tertiary/aromatic N) is 3. The lowest BCUT2D eigenvalue weighted by Crippen LogP contribution is -2.42. The fraction of sp³-hybridized carbons (Fsp3) is 0.368. The Kier molecular flexibility index (Phi) is 4.63. The number of nitrogens with one attached hydrogen (secondary N) is 1. The topological polar surface area (TPSA) is 41.1 Å². The highest BCUT2D eigenvalue weighted by Crippen LogP contribution is 2.29. The zero-order chi connectivity index (χ0) is 17.2. The zero-order valence-electron chi connectivity index (χ0n) is 14.2. The van der Waals surface area contributed by atoms with E-state index in [4.69, 9.17) is 0 Å². The summed E-state index contributed by atoms with van der Waals surface area (Å²) in [5, 5.41) is 6.72. The van der Waals surface area contributed by atoms with Crippen LogP contribution in [0.25, 0.3) is 10.2 Å². The third-order valence-electron chi connectivity index (χ3n) is 4.75. The molecule has 1 N–H and O–H groups in total. The maximum absolute atomic E-state index is 13.7. The quantitative estimate of drug-likeness (QED) is 0.770. The highest BCUT2D eigenvalue weighted by Gasteiger charge is 2.22. The van der Waals surface area contributed by atoms with Crippen molar-refractivity contribution in [3.8, 4) is 0 Å². The van der Waals surface area contributed by atoms with Gasteiger partial charge in [-0.3, -0.25) is 0 Å². The van der Waals surface area contributed by atoms with Crippen LogP contribution >= 0.6 is 11.3 Å². The Morgan fingerprint density at radius 3 is 2.80 bits per heavy atom. The summed E-state index contributed by atoms with van der Waals surface area (Å²) >= 11 is 1.66. The SMILES string of the molecule is Cc1nc(N2CCC(NCc3ccccc3F)CC2)c2ccsc2n1. The summed E-state index contributed by atoms with van der Waals surface area (Å²) < 4.78 is 13.7. The first-order chi connectivity index (χ1) is 12.2. The summed E-state index contributed by atoms with van der Waals surface area (Å²) in [5.74, 6) is 1.74.